The molecule has 0 saturated carbocycles. The molecule has 6 heteroatoms. The molecule has 0 atom stereocenters. The van der Waals surface area contributed by atoms with E-state index in [4.69, 9.17) is 4.42 Å². The first-order valence-electron chi connectivity index (χ1n) is 9.42. The van der Waals surface area contributed by atoms with Crippen molar-refractivity contribution in [2.45, 2.75) is 77.8 Å². The molecule has 146 valence electrons. The number of hydrogen-bond donors (Lipinski definition) is 1. The Labute approximate surface area is 166 Å². The molecule has 3 aromatic rings. The van der Waals surface area contributed by atoms with Gasteiger partial charge in [0.2, 0.25) is 11.7 Å². The minimum absolute atomic E-state index is 0.0455. The zero-order valence-electron chi connectivity index (χ0n) is 17.5. The van der Waals surface area contributed by atoms with Gasteiger partial charge in [0.1, 0.15) is 0 Å². The van der Waals surface area contributed by atoms with Gasteiger partial charge in [-0.25, -0.2) is 4.98 Å². The molecular weight excluding hydrogens is 356 g/mol. The van der Waals surface area contributed by atoms with Gasteiger partial charge in [-0.1, -0.05) is 32.1 Å². The Morgan fingerprint density at radius 2 is 1.70 bits per heavy atom. The van der Waals surface area contributed by atoms with Crippen LogP contribution in [0, 0.1) is 0 Å². The second kappa shape index (κ2) is 6.89. The maximum Gasteiger partial charge on any atom is 0.334 e. The lowest BCUT2D eigenvalue weighted by Gasteiger charge is -2.18. The highest BCUT2D eigenvalue weighted by Gasteiger charge is 2.35. The van der Waals surface area contributed by atoms with Crippen LogP contribution >= 0.6 is 11.3 Å². The fourth-order valence-electron chi connectivity index (χ4n) is 3.24. The second-order valence-electron chi connectivity index (χ2n) is 9.76. The average molecular weight is 389 g/mol. The summed E-state index contributed by atoms with van der Waals surface area (Å²) in [5.41, 5.74) is 3.38. The summed E-state index contributed by atoms with van der Waals surface area (Å²) in [6.07, 6.45) is 9.86. The number of nitrogens with zero attached hydrogens (tertiary/aromatic N) is 3. The van der Waals surface area contributed by atoms with Gasteiger partial charge in [0.15, 0.2) is 25.0 Å². The Balaban J connectivity index is 1.73. The minimum atomic E-state index is -0.0930. The molecule has 3 rings (SSSR count). The highest BCUT2D eigenvalue weighted by Crippen LogP contribution is 2.27. The first-order valence-corrected chi connectivity index (χ1v) is 10.3. The van der Waals surface area contributed by atoms with E-state index in [2.05, 4.69) is 85.5 Å². The molecule has 5 nitrogen and oxygen atoms in total. The van der Waals surface area contributed by atoms with Crippen molar-refractivity contribution >= 4 is 11.3 Å². The molecule has 3 heterocycles. The smallest absolute Gasteiger partial charge is 0.334 e. The summed E-state index contributed by atoms with van der Waals surface area (Å²) in [4.78, 5) is 8.77. The molecule has 1 N–H and O–H groups in total. The number of H-pyrrole nitrogens is 1. The molecule has 27 heavy (non-hydrogen) atoms. The van der Waals surface area contributed by atoms with Crippen molar-refractivity contribution in [3.63, 3.8) is 0 Å². The molecule has 0 bridgehead atoms. The number of aromatic nitrogens is 4. The Morgan fingerprint density at radius 3 is 2.30 bits per heavy atom. The van der Waals surface area contributed by atoms with E-state index in [1.54, 1.807) is 6.33 Å². The summed E-state index contributed by atoms with van der Waals surface area (Å²) in [6, 6.07) is 0. The number of aromatic amines is 1. The van der Waals surface area contributed by atoms with Crippen molar-refractivity contribution in [1.29, 1.82) is 0 Å². The van der Waals surface area contributed by atoms with Crippen molar-refractivity contribution in [3.8, 4) is 0 Å². The Morgan fingerprint density at radius 1 is 1.00 bits per heavy atom. The van der Waals surface area contributed by atoms with Crippen LogP contribution in [-0.2, 0) is 29.3 Å². The van der Waals surface area contributed by atoms with E-state index >= 15 is 0 Å². The number of nitrogens with one attached hydrogen (secondary N) is 1. The monoisotopic (exact) mass is 388 g/mol. The van der Waals surface area contributed by atoms with Crippen LogP contribution in [0.15, 0.2) is 41.2 Å². The van der Waals surface area contributed by atoms with Crippen LogP contribution in [0.2, 0.25) is 0 Å². The molecule has 0 aliphatic rings. The third kappa shape index (κ3) is 4.49. The zero-order chi connectivity index (χ0) is 19.9. The fourth-order valence-corrected chi connectivity index (χ4v) is 4.18. The topological polar surface area (TPSA) is 49.6 Å². The van der Waals surface area contributed by atoms with Crippen LogP contribution in [0.25, 0.3) is 0 Å². The molecule has 0 aliphatic heterocycles. The summed E-state index contributed by atoms with van der Waals surface area (Å²) in [5, 5.41) is 0. The maximum atomic E-state index is 5.97. The van der Waals surface area contributed by atoms with Crippen molar-refractivity contribution in [3.05, 3.63) is 53.2 Å². The first-order chi connectivity index (χ1) is 12.5. The third-order valence-corrected chi connectivity index (χ3v) is 6.33. The highest BCUT2D eigenvalue weighted by atomic mass is 32.1. The van der Waals surface area contributed by atoms with Gasteiger partial charge < -0.3 is 9.40 Å². The summed E-state index contributed by atoms with van der Waals surface area (Å²) >= 11 is 1.82. The predicted octanol–water partition coefficient (Wildman–Crippen LogP) is 3.89. The van der Waals surface area contributed by atoms with E-state index in [-0.39, 0.29) is 16.2 Å². The number of oxazole rings is 1. The van der Waals surface area contributed by atoms with Crippen molar-refractivity contribution in [2.24, 2.45) is 0 Å². The fraction of sp³-hybridized carbons (Fsp3) is 0.571. The molecule has 0 saturated heterocycles. The Kier molecular flexibility index (Phi) is 5.06. The molecule has 0 aromatic carbocycles. The molecule has 0 fully saturated rings. The van der Waals surface area contributed by atoms with Crippen LogP contribution in [0.3, 0.4) is 0 Å². The number of hydrogen-bond acceptors (Lipinski definition) is 3. The molecule has 0 radical (unpaired) electrons. The first kappa shape index (κ1) is 19.8. The molecule has 0 aliphatic carbocycles. The largest absolute Gasteiger partial charge is 0.408 e. The second-order valence-corrected chi connectivity index (χ2v) is 10.6. The highest BCUT2D eigenvalue weighted by molar-refractivity contribution is 7.09. The minimum Gasteiger partial charge on any atom is -0.408 e. The summed E-state index contributed by atoms with van der Waals surface area (Å²) in [7, 11) is 0. The Hall–Kier alpha value is -1.95. The van der Waals surface area contributed by atoms with E-state index in [0.29, 0.717) is 0 Å². The van der Waals surface area contributed by atoms with E-state index in [9.17, 15) is 0 Å². The number of thiazole rings is 1. The maximum absolute atomic E-state index is 5.97. The van der Waals surface area contributed by atoms with Crippen LogP contribution in [-0.4, -0.2) is 9.97 Å². The Bertz CT molecular complexity index is 882. The van der Waals surface area contributed by atoms with Gasteiger partial charge in [-0.2, -0.15) is 9.13 Å². The quantitative estimate of drug-likeness (QED) is 0.651. The van der Waals surface area contributed by atoms with E-state index in [0.717, 1.165) is 24.5 Å². The lowest BCUT2D eigenvalue weighted by molar-refractivity contribution is -0.708. The molecule has 0 amide bonds. The lowest BCUT2D eigenvalue weighted by Crippen LogP contribution is -2.43. The molecule has 0 spiro atoms. The van der Waals surface area contributed by atoms with Crippen LogP contribution in [0.4, 0.5) is 0 Å². The van der Waals surface area contributed by atoms with E-state index in [1.807, 2.05) is 23.9 Å². The SMILES string of the molecule is CC(C)(C)c1c[n+](CC(C)(C)c2c[n+](CC(C)(C)c3cnc[nH]3)co2)cs1. The van der Waals surface area contributed by atoms with Gasteiger partial charge in [-0.3, -0.25) is 0 Å². The van der Waals surface area contributed by atoms with E-state index < -0.39 is 0 Å². The standard InChI is InChI=1S/C21H32N4OS/c1-19(2,3)18-10-25(15-27-18)12-21(6,7)17-9-24(14-26-17)11-20(4,5)16-8-22-13-23-16/h8-10,13-15H,11-12H2,1-7H3,(H,22,23)/q+2. The number of imidazole rings is 1. The van der Waals surface area contributed by atoms with Crippen molar-refractivity contribution in [1.82, 2.24) is 9.97 Å². The van der Waals surface area contributed by atoms with Crippen molar-refractivity contribution in [2.75, 3.05) is 0 Å². The van der Waals surface area contributed by atoms with Crippen LogP contribution in [0.1, 0.15) is 64.8 Å². The lowest BCUT2D eigenvalue weighted by atomic mass is 9.89. The van der Waals surface area contributed by atoms with Crippen LogP contribution in [0.5, 0.6) is 0 Å². The normalized spacial score (nSPS) is 13.3. The van der Waals surface area contributed by atoms with E-state index in [1.165, 1.54) is 4.88 Å². The van der Waals surface area contributed by atoms with Gasteiger partial charge in [0.05, 0.1) is 22.0 Å². The van der Waals surface area contributed by atoms with Crippen LogP contribution < -0.4 is 9.13 Å². The summed E-state index contributed by atoms with van der Waals surface area (Å²) < 4.78 is 10.4. The number of rotatable bonds is 6. The average Bonchev–Trinajstić information content (AvgIpc) is 3.27. The molecular formula is C21H32N4OS+2. The van der Waals surface area contributed by atoms with Gasteiger partial charge in [-0.15, -0.1) is 0 Å². The molecule has 3 aromatic heterocycles. The predicted molar refractivity (Wildman–Crippen MR) is 107 cm³/mol. The van der Waals surface area contributed by atoms with Gasteiger partial charge in [-0.05, 0) is 27.7 Å². The van der Waals surface area contributed by atoms with Crippen molar-refractivity contribution < 1.29 is 13.6 Å². The van der Waals surface area contributed by atoms with Gasteiger partial charge in [0.25, 0.3) is 0 Å². The van der Waals surface area contributed by atoms with Gasteiger partial charge >= 0.3 is 6.39 Å². The zero-order valence-corrected chi connectivity index (χ0v) is 18.4. The molecule has 0 unspecified atom stereocenters. The third-order valence-electron chi connectivity index (χ3n) is 4.99. The summed E-state index contributed by atoms with van der Waals surface area (Å²) in [5.74, 6) is 0.999. The summed E-state index contributed by atoms with van der Waals surface area (Å²) in [6.45, 7) is 17.4. The van der Waals surface area contributed by atoms with Gasteiger partial charge in [0, 0.05) is 17.3 Å².